The average molecular weight is 221 g/mol. The second-order valence-electron chi connectivity index (χ2n) is 3.31. The van der Waals surface area contributed by atoms with Gasteiger partial charge in [0.1, 0.15) is 11.6 Å². The maximum absolute atomic E-state index is 13.1. The Labute approximate surface area is 92.5 Å². The molecule has 84 valence electrons. The zero-order valence-corrected chi connectivity index (χ0v) is 8.83. The summed E-state index contributed by atoms with van der Waals surface area (Å²) in [6, 6.07) is 4.49. The first-order valence-corrected chi connectivity index (χ1v) is 4.83. The van der Waals surface area contributed by atoms with Crippen LogP contribution in [0.4, 0.5) is 10.1 Å². The molecule has 2 N–H and O–H groups in total. The number of ether oxygens (including phenoxy) is 1. The van der Waals surface area contributed by atoms with Gasteiger partial charge in [-0.25, -0.2) is 9.37 Å². The van der Waals surface area contributed by atoms with Crippen molar-refractivity contribution in [2.75, 3.05) is 12.4 Å². The van der Waals surface area contributed by atoms with Crippen molar-refractivity contribution < 1.29 is 9.13 Å². The summed E-state index contributed by atoms with van der Waals surface area (Å²) < 4.78 is 18.1. The van der Waals surface area contributed by atoms with Crippen LogP contribution in [0.3, 0.4) is 0 Å². The molecule has 0 spiro atoms. The molecule has 0 aliphatic carbocycles. The van der Waals surface area contributed by atoms with Crippen molar-refractivity contribution in [3.05, 3.63) is 42.2 Å². The molecule has 16 heavy (non-hydrogen) atoms. The molecule has 4 nitrogen and oxygen atoms in total. The third-order valence-corrected chi connectivity index (χ3v) is 2.14. The number of nitrogens with one attached hydrogen (secondary N) is 2. The summed E-state index contributed by atoms with van der Waals surface area (Å²) in [5.74, 6) is 0.165. The molecule has 0 amide bonds. The lowest BCUT2D eigenvalue weighted by molar-refractivity contribution is 0.411. The summed E-state index contributed by atoms with van der Waals surface area (Å²) in [4.78, 5) is 6.84. The Bertz CT molecular complexity index is 456. The van der Waals surface area contributed by atoms with E-state index in [0.717, 1.165) is 5.69 Å². The first-order chi connectivity index (χ1) is 7.78. The molecule has 1 heterocycles. The van der Waals surface area contributed by atoms with Gasteiger partial charge in [-0.05, 0) is 6.07 Å². The number of H-pyrrole nitrogens is 1. The number of hydrogen-bond donors (Lipinski definition) is 2. The van der Waals surface area contributed by atoms with Crippen molar-refractivity contribution in [3.63, 3.8) is 0 Å². The van der Waals surface area contributed by atoms with Gasteiger partial charge in [0.15, 0.2) is 0 Å². The Morgan fingerprint density at radius 3 is 3.00 bits per heavy atom. The van der Waals surface area contributed by atoms with Gasteiger partial charge < -0.3 is 15.0 Å². The molecule has 0 radical (unpaired) electrons. The number of rotatable bonds is 4. The minimum absolute atomic E-state index is 0.327. The normalized spacial score (nSPS) is 10.1. The van der Waals surface area contributed by atoms with Crippen LogP contribution in [0.5, 0.6) is 5.75 Å². The molecule has 0 aliphatic rings. The molecule has 0 bridgehead atoms. The molecule has 2 rings (SSSR count). The van der Waals surface area contributed by atoms with E-state index in [-0.39, 0.29) is 5.82 Å². The first-order valence-electron chi connectivity index (χ1n) is 4.83. The van der Waals surface area contributed by atoms with E-state index >= 15 is 0 Å². The Morgan fingerprint density at radius 2 is 2.31 bits per heavy atom. The Hall–Kier alpha value is -2.04. The fourth-order valence-corrected chi connectivity index (χ4v) is 1.36. The van der Waals surface area contributed by atoms with Gasteiger partial charge in [0.25, 0.3) is 0 Å². The molecule has 0 aliphatic heterocycles. The number of nitrogens with zero attached hydrogens (tertiary/aromatic N) is 1. The standard InChI is InChI=1S/C11H12FN3O/c1-16-11-3-8(12)2-9(4-11)14-6-10-5-13-7-15-10/h2-5,7,14H,6H2,1H3,(H,13,15). The molecule has 5 heteroatoms. The maximum atomic E-state index is 13.1. The molecule has 0 atom stereocenters. The van der Waals surface area contributed by atoms with E-state index in [1.807, 2.05) is 0 Å². The van der Waals surface area contributed by atoms with E-state index in [0.29, 0.717) is 18.0 Å². The Morgan fingerprint density at radius 1 is 1.44 bits per heavy atom. The van der Waals surface area contributed by atoms with Gasteiger partial charge in [-0.1, -0.05) is 0 Å². The summed E-state index contributed by atoms with van der Waals surface area (Å²) in [7, 11) is 1.51. The van der Waals surface area contributed by atoms with Crippen LogP contribution in [0.1, 0.15) is 5.69 Å². The highest BCUT2D eigenvalue weighted by Gasteiger charge is 2.01. The number of anilines is 1. The Balaban J connectivity index is 2.06. The molecule has 0 saturated heterocycles. The molecular weight excluding hydrogens is 209 g/mol. The summed E-state index contributed by atoms with van der Waals surface area (Å²) in [6.45, 7) is 0.562. The first kappa shape index (κ1) is 10.5. The van der Waals surface area contributed by atoms with Gasteiger partial charge in [-0.15, -0.1) is 0 Å². The predicted octanol–water partition coefficient (Wildman–Crippen LogP) is 2.17. The van der Waals surface area contributed by atoms with E-state index in [2.05, 4.69) is 15.3 Å². The minimum Gasteiger partial charge on any atom is -0.497 e. The highest BCUT2D eigenvalue weighted by molar-refractivity contribution is 5.48. The third kappa shape index (κ3) is 2.50. The monoisotopic (exact) mass is 221 g/mol. The van der Waals surface area contributed by atoms with E-state index in [4.69, 9.17) is 4.74 Å². The van der Waals surface area contributed by atoms with Crippen molar-refractivity contribution >= 4 is 5.69 Å². The van der Waals surface area contributed by atoms with E-state index in [9.17, 15) is 4.39 Å². The van der Waals surface area contributed by atoms with Crippen LogP contribution in [0.2, 0.25) is 0 Å². The lowest BCUT2D eigenvalue weighted by atomic mass is 10.3. The minimum atomic E-state index is -0.327. The maximum Gasteiger partial charge on any atom is 0.128 e. The summed E-state index contributed by atoms with van der Waals surface area (Å²) in [5, 5.41) is 3.07. The van der Waals surface area contributed by atoms with Crippen LogP contribution in [0.15, 0.2) is 30.7 Å². The van der Waals surface area contributed by atoms with Gasteiger partial charge in [-0.2, -0.15) is 0 Å². The van der Waals surface area contributed by atoms with Crippen molar-refractivity contribution in [2.45, 2.75) is 6.54 Å². The number of aromatic nitrogens is 2. The van der Waals surface area contributed by atoms with Gasteiger partial charge in [0, 0.05) is 24.0 Å². The summed E-state index contributed by atoms with van der Waals surface area (Å²) in [5.41, 5.74) is 1.61. The smallest absolute Gasteiger partial charge is 0.128 e. The zero-order chi connectivity index (χ0) is 11.4. The van der Waals surface area contributed by atoms with Gasteiger partial charge in [0.2, 0.25) is 0 Å². The fourth-order valence-electron chi connectivity index (χ4n) is 1.36. The molecule has 2 aromatic rings. The van der Waals surface area contributed by atoms with E-state index < -0.39 is 0 Å². The fraction of sp³-hybridized carbons (Fsp3) is 0.182. The molecule has 0 unspecified atom stereocenters. The summed E-state index contributed by atoms with van der Waals surface area (Å²) >= 11 is 0. The van der Waals surface area contributed by atoms with E-state index in [1.165, 1.54) is 19.2 Å². The second kappa shape index (κ2) is 4.65. The van der Waals surface area contributed by atoms with Crippen LogP contribution < -0.4 is 10.1 Å². The van der Waals surface area contributed by atoms with Crippen molar-refractivity contribution in [3.8, 4) is 5.75 Å². The number of benzene rings is 1. The second-order valence-corrected chi connectivity index (χ2v) is 3.31. The number of halogens is 1. The zero-order valence-electron chi connectivity index (χ0n) is 8.83. The molecule has 1 aromatic carbocycles. The largest absolute Gasteiger partial charge is 0.497 e. The van der Waals surface area contributed by atoms with Crippen molar-refractivity contribution in [1.82, 2.24) is 9.97 Å². The topological polar surface area (TPSA) is 49.9 Å². The quantitative estimate of drug-likeness (QED) is 0.831. The predicted molar refractivity (Wildman–Crippen MR) is 58.9 cm³/mol. The molecular formula is C11H12FN3O. The molecule has 0 saturated carbocycles. The van der Waals surface area contributed by atoms with Crippen LogP contribution in [0.25, 0.3) is 0 Å². The molecule has 1 aromatic heterocycles. The number of aromatic amines is 1. The molecule has 0 fully saturated rings. The van der Waals surface area contributed by atoms with Crippen molar-refractivity contribution in [2.24, 2.45) is 0 Å². The van der Waals surface area contributed by atoms with Crippen molar-refractivity contribution in [1.29, 1.82) is 0 Å². The Kier molecular flexibility index (Phi) is 3.05. The summed E-state index contributed by atoms with van der Waals surface area (Å²) in [6.07, 6.45) is 3.31. The lowest BCUT2D eigenvalue weighted by Crippen LogP contribution is -2.00. The van der Waals surface area contributed by atoms with Gasteiger partial charge >= 0.3 is 0 Å². The van der Waals surface area contributed by atoms with Gasteiger partial charge in [-0.3, -0.25) is 0 Å². The average Bonchev–Trinajstić information content (AvgIpc) is 2.78. The highest BCUT2D eigenvalue weighted by atomic mass is 19.1. The van der Waals surface area contributed by atoms with Crippen LogP contribution in [-0.2, 0) is 6.54 Å². The van der Waals surface area contributed by atoms with Gasteiger partial charge in [0.05, 0.1) is 25.7 Å². The lowest BCUT2D eigenvalue weighted by Gasteiger charge is -2.07. The van der Waals surface area contributed by atoms with Crippen LogP contribution >= 0.6 is 0 Å². The number of methoxy groups -OCH3 is 1. The number of imidazole rings is 1. The van der Waals surface area contributed by atoms with Crippen LogP contribution in [-0.4, -0.2) is 17.1 Å². The highest BCUT2D eigenvalue weighted by Crippen LogP contribution is 2.20. The number of hydrogen-bond acceptors (Lipinski definition) is 3. The SMILES string of the molecule is COc1cc(F)cc(NCc2cnc[nH]2)c1. The van der Waals surface area contributed by atoms with E-state index in [1.54, 1.807) is 18.6 Å². The third-order valence-electron chi connectivity index (χ3n) is 2.14. The van der Waals surface area contributed by atoms with Crippen LogP contribution in [0, 0.1) is 5.82 Å².